The SMILES string of the molecule is Cc1c(C)c(C)c(C(=O)N(C)CCC(C)O)c(C)c1C. The van der Waals surface area contributed by atoms with Gasteiger partial charge in [0, 0.05) is 19.2 Å². The molecule has 1 rings (SSSR count). The van der Waals surface area contributed by atoms with Gasteiger partial charge in [0.15, 0.2) is 0 Å². The van der Waals surface area contributed by atoms with Crippen molar-refractivity contribution >= 4 is 5.91 Å². The van der Waals surface area contributed by atoms with Crippen molar-refractivity contribution in [1.29, 1.82) is 0 Å². The Morgan fingerprint density at radius 1 is 1.00 bits per heavy atom. The zero-order valence-corrected chi connectivity index (χ0v) is 13.8. The molecule has 20 heavy (non-hydrogen) atoms. The molecule has 0 spiro atoms. The van der Waals surface area contributed by atoms with E-state index in [1.165, 1.54) is 16.7 Å². The molecule has 112 valence electrons. The lowest BCUT2D eigenvalue weighted by Crippen LogP contribution is -2.31. The molecular formula is C17H27NO2. The summed E-state index contributed by atoms with van der Waals surface area (Å²) in [6.45, 7) is 12.6. The van der Waals surface area contributed by atoms with E-state index in [2.05, 4.69) is 20.8 Å². The van der Waals surface area contributed by atoms with Gasteiger partial charge in [-0.3, -0.25) is 4.79 Å². The number of carbonyl (C=O) groups is 1. The van der Waals surface area contributed by atoms with E-state index in [1.807, 2.05) is 13.8 Å². The summed E-state index contributed by atoms with van der Waals surface area (Å²) in [6.07, 6.45) is 0.221. The summed E-state index contributed by atoms with van der Waals surface area (Å²) in [6, 6.07) is 0. The molecule has 1 amide bonds. The number of aliphatic hydroxyl groups is 1. The molecule has 1 unspecified atom stereocenters. The van der Waals surface area contributed by atoms with Crippen LogP contribution in [0, 0.1) is 34.6 Å². The van der Waals surface area contributed by atoms with Crippen molar-refractivity contribution in [2.45, 2.75) is 54.1 Å². The van der Waals surface area contributed by atoms with Crippen molar-refractivity contribution in [1.82, 2.24) is 4.90 Å². The number of hydrogen-bond acceptors (Lipinski definition) is 2. The van der Waals surface area contributed by atoms with Gasteiger partial charge in [-0.1, -0.05) is 0 Å². The number of benzene rings is 1. The predicted molar refractivity (Wildman–Crippen MR) is 83.4 cm³/mol. The number of aliphatic hydroxyl groups excluding tert-OH is 1. The smallest absolute Gasteiger partial charge is 0.254 e. The van der Waals surface area contributed by atoms with Crippen LogP contribution in [-0.2, 0) is 0 Å². The fourth-order valence-corrected chi connectivity index (χ4v) is 2.49. The first-order chi connectivity index (χ1) is 9.18. The van der Waals surface area contributed by atoms with Crippen molar-refractivity contribution in [2.24, 2.45) is 0 Å². The molecule has 0 aromatic heterocycles. The van der Waals surface area contributed by atoms with Crippen LogP contribution in [-0.4, -0.2) is 35.6 Å². The lowest BCUT2D eigenvalue weighted by atomic mass is 9.89. The van der Waals surface area contributed by atoms with E-state index in [4.69, 9.17) is 0 Å². The Labute approximate surface area is 122 Å². The third-order valence-electron chi connectivity index (χ3n) is 4.44. The summed E-state index contributed by atoms with van der Waals surface area (Å²) in [7, 11) is 1.80. The summed E-state index contributed by atoms with van der Waals surface area (Å²) in [5.41, 5.74) is 6.61. The van der Waals surface area contributed by atoms with Gasteiger partial charge < -0.3 is 10.0 Å². The Morgan fingerprint density at radius 2 is 1.40 bits per heavy atom. The van der Waals surface area contributed by atoms with Gasteiger partial charge in [-0.25, -0.2) is 0 Å². The summed E-state index contributed by atoms with van der Waals surface area (Å²) in [4.78, 5) is 14.4. The Morgan fingerprint density at radius 3 is 1.80 bits per heavy atom. The highest BCUT2D eigenvalue weighted by molar-refractivity contribution is 5.97. The molecule has 1 aromatic carbocycles. The second-order valence-electron chi connectivity index (χ2n) is 5.86. The quantitative estimate of drug-likeness (QED) is 0.919. The molecule has 1 aromatic rings. The van der Waals surface area contributed by atoms with Gasteiger partial charge in [0.2, 0.25) is 0 Å². The lowest BCUT2D eigenvalue weighted by Gasteiger charge is -2.23. The normalized spacial score (nSPS) is 12.4. The van der Waals surface area contributed by atoms with Crippen molar-refractivity contribution in [3.8, 4) is 0 Å². The van der Waals surface area contributed by atoms with Crippen LogP contribution in [0.15, 0.2) is 0 Å². The summed E-state index contributed by atoms with van der Waals surface area (Å²) >= 11 is 0. The van der Waals surface area contributed by atoms with E-state index in [0.717, 1.165) is 16.7 Å². The van der Waals surface area contributed by atoms with Crippen molar-refractivity contribution < 1.29 is 9.90 Å². The molecular weight excluding hydrogens is 250 g/mol. The maximum Gasteiger partial charge on any atom is 0.254 e. The highest BCUT2D eigenvalue weighted by Gasteiger charge is 2.20. The van der Waals surface area contributed by atoms with Crippen LogP contribution in [0.25, 0.3) is 0 Å². The number of carbonyl (C=O) groups excluding carboxylic acids is 1. The van der Waals surface area contributed by atoms with Gasteiger partial charge in [0.25, 0.3) is 5.91 Å². The standard InChI is InChI=1S/C17H27NO2/c1-10(19)8-9-18(7)17(20)16-14(5)12(3)11(2)13(4)15(16)6/h10,19H,8-9H2,1-7H3. The largest absolute Gasteiger partial charge is 0.393 e. The average molecular weight is 277 g/mol. The topological polar surface area (TPSA) is 40.5 Å². The second kappa shape index (κ2) is 6.40. The average Bonchev–Trinajstić information content (AvgIpc) is 2.40. The molecule has 0 aliphatic carbocycles. The van der Waals surface area contributed by atoms with Crippen LogP contribution >= 0.6 is 0 Å². The third-order valence-corrected chi connectivity index (χ3v) is 4.44. The molecule has 1 atom stereocenters. The van der Waals surface area contributed by atoms with E-state index < -0.39 is 0 Å². The maximum absolute atomic E-state index is 12.7. The molecule has 0 aliphatic rings. The molecule has 0 heterocycles. The minimum absolute atomic E-state index is 0.0480. The first-order valence-electron chi connectivity index (χ1n) is 7.18. The van der Waals surface area contributed by atoms with Crippen LogP contribution in [0.3, 0.4) is 0 Å². The molecule has 0 aliphatic heterocycles. The highest BCUT2D eigenvalue weighted by atomic mass is 16.3. The van der Waals surface area contributed by atoms with Crippen molar-refractivity contribution in [3.05, 3.63) is 33.4 Å². The van der Waals surface area contributed by atoms with Crippen LogP contribution in [0.1, 0.15) is 51.5 Å². The van der Waals surface area contributed by atoms with Crippen molar-refractivity contribution in [2.75, 3.05) is 13.6 Å². The third kappa shape index (κ3) is 3.21. The maximum atomic E-state index is 12.7. The second-order valence-corrected chi connectivity index (χ2v) is 5.86. The van der Waals surface area contributed by atoms with Crippen LogP contribution in [0.5, 0.6) is 0 Å². The zero-order chi connectivity index (χ0) is 15.6. The van der Waals surface area contributed by atoms with E-state index in [-0.39, 0.29) is 12.0 Å². The predicted octanol–water partition coefficient (Wildman–Crippen LogP) is 3.07. The molecule has 0 saturated heterocycles. The lowest BCUT2D eigenvalue weighted by molar-refractivity contribution is 0.0767. The minimum Gasteiger partial charge on any atom is -0.393 e. The minimum atomic E-state index is -0.381. The molecule has 3 heteroatoms. The highest BCUT2D eigenvalue weighted by Crippen LogP contribution is 2.26. The zero-order valence-electron chi connectivity index (χ0n) is 13.8. The number of nitrogens with zero attached hydrogens (tertiary/aromatic N) is 1. The van der Waals surface area contributed by atoms with Crippen LogP contribution < -0.4 is 0 Å². The Bertz CT molecular complexity index is 489. The Balaban J connectivity index is 3.17. The number of hydrogen-bond donors (Lipinski definition) is 1. The fraction of sp³-hybridized carbons (Fsp3) is 0.588. The summed E-state index contributed by atoms with van der Waals surface area (Å²) in [5.74, 6) is 0.0480. The van der Waals surface area contributed by atoms with E-state index >= 15 is 0 Å². The molecule has 0 saturated carbocycles. The van der Waals surface area contributed by atoms with E-state index in [0.29, 0.717) is 13.0 Å². The summed E-state index contributed by atoms with van der Waals surface area (Å²) < 4.78 is 0. The van der Waals surface area contributed by atoms with Gasteiger partial charge in [-0.2, -0.15) is 0 Å². The molecule has 0 bridgehead atoms. The first kappa shape index (κ1) is 16.7. The first-order valence-corrected chi connectivity index (χ1v) is 7.18. The van der Waals surface area contributed by atoms with E-state index in [9.17, 15) is 9.90 Å². The van der Waals surface area contributed by atoms with Crippen molar-refractivity contribution in [3.63, 3.8) is 0 Å². The molecule has 0 radical (unpaired) electrons. The van der Waals surface area contributed by atoms with E-state index in [1.54, 1.807) is 18.9 Å². The van der Waals surface area contributed by atoms with Gasteiger partial charge in [0.05, 0.1) is 6.10 Å². The van der Waals surface area contributed by atoms with Gasteiger partial charge in [0.1, 0.15) is 0 Å². The molecule has 1 N–H and O–H groups in total. The van der Waals surface area contributed by atoms with Gasteiger partial charge in [-0.05, 0) is 75.8 Å². The Kier molecular flexibility index (Phi) is 5.35. The van der Waals surface area contributed by atoms with Gasteiger partial charge >= 0.3 is 0 Å². The Hall–Kier alpha value is -1.35. The molecule has 0 fully saturated rings. The molecule has 3 nitrogen and oxygen atoms in total. The number of rotatable bonds is 4. The fourth-order valence-electron chi connectivity index (χ4n) is 2.49. The number of amides is 1. The summed E-state index contributed by atoms with van der Waals surface area (Å²) in [5, 5.41) is 9.35. The van der Waals surface area contributed by atoms with Crippen LogP contribution in [0.4, 0.5) is 0 Å². The van der Waals surface area contributed by atoms with Gasteiger partial charge in [-0.15, -0.1) is 0 Å². The van der Waals surface area contributed by atoms with Crippen LogP contribution in [0.2, 0.25) is 0 Å². The monoisotopic (exact) mass is 277 g/mol.